The lowest BCUT2D eigenvalue weighted by atomic mass is 10.1. The topological polar surface area (TPSA) is 92.5 Å². The highest BCUT2D eigenvalue weighted by atomic mass is 35.5. The number of rotatable bonds is 10. The SMILES string of the molecule is COc1cc2c(Nc3cc(F)c(OCc4cccc(Cl)n4)cc3C)c(C#N)cnc2cc1OCCN(C)C. The van der Waals surface area contributed by atoms with Crippen molar-refractivity contribution in [1.29, 1.82) is 5.26 Å². The van der Waals surface area contributed by atoms with Crippen molar-refractivity contribution in [3.05, 3.63) is 76.5 Å². The fraction of sp³-hybridized carbons (Fsp3) is 0.250. The van der Waals surface area contributed by atoms with Crippen LogP contribution >= 0.6 is 11.6 Å². The minimum Gasteiger partial charge on any atom is -0.493 e. The number of hydrogen-bond acceptors (Lipinski definition) is 8. The van der Waals surface area contributed by atoms with E-state index in [1.807, 2.05) is 25.9 Å². The minimum absolute atomic E-state index is 0.0655. The number of methoxy groups -OCH3 is 1. The molecule has 0 aliphatic rings. The van der Waals surface area contributed by atoms with Crippen LogP contribution in [0.25, 0.3) is 10.9 Å². The molecular formula is C28H27ClFN5O3. The fourth-order valence-electron chi connectivity index (χ4n) is 3.75. The lowest BCUT2D eigenvalue weighted by Gasteiger charge is -2.17. The van der Waals surface area contributed by atoms with Crippen molar-refractivity contribution >= 4 is 33.9 Å². The van der Waals surface area contributed by atoms with Crippen molar-refractivity contribution in [3.63, 3.8) is 0 Å². The molecule has 0 amide bonds. The number of pyridine rings is 2. The van der Waals surface area contributed by atoms with Crippen LogP contribution < -0.4 is 19.5 Å². The molecule has 0 saturated heterocycles. The standard InChI is InChI=1S/C28H27ClFN5O3/c1-17-10-24(38-16-19-6-5-7-27(29)33-19)21(30)12-22(17)34-28-18(14-31)15-32-23-13-26(37-9-8-35(2)3)25(36-4)11-20(23)28/h5-7,10-13,15H,8-9,16H2,1-4H3,(H,32,34). The number of benzene rings is 2. The summed E-state index contributed by atoms with van der Waals surface area (Å²) in [5.41, 5.74) is 3.15. The Balaban J connectivity index is 1.64. The van der Waals surface area contributed by atoms with Crippen molar-refractivity contribution in [2.24, 2.45) is 0 Å². The monoisotopic (exact) mass is 535 g/mol. The summed E-state index contributed by atoms with van der Waals surface area (Å²) in [5, 5.41) is 14.0. The van der Waals surface area contributed by atoms with Gasteiger partial charge in [0.25, 0.3) is 0 Å². The molecule has 196 valence electrons. The van der Waals surface area contributed by atoms with E-state index in [9.17, 15) is 5.26 Å². The van der Waals surface area contributed by atoms with Gasteiger partial charge in [0.1, 0.15) is 24.4 Å². The Kier molecular flexibility index (Phi) is 8.46. The molecule has 0 atom stereocenters. The third-order valence-corrected chi connectivity index (χ3v) is 5.97. The maximum atomic E-state index is 15.0. The zero-order valence-electron chi connectivity index (χ0n) is 21.5. The second-order valence-corrected chi connectivity index (χ2v) is 9.18. The van der Waals surface area contributed by atoms with Gasteiger partial charge in [0.2, 0.25) is 0 Å². The zero-order valence-corrected chi connectivity index (χ0v) is 22.3. The quantitative estimate of drug-likeness (QED) is 0.252. The van der Waals surface area contributed by atoms with Crippen LogP contribution in [0.1, 0.15) is 16.8 Å². The molecule has 0 spiro atoms. The molecular weight excluding hydrogens is 509 g/mol. The van der Waals surface area contributed by atoms with E-state index in [1.54, 1.807) is 43.5 Å². The van der Waals surface area contributed by atoms with Crippen LogP contribution in [-0.2, 0) is 6.61 Å². The van der Waals surface area contributed by atoms with Gasteiger partial charge in [0.05, 0.1) is 29.6 Å². The van der Waals surface area contributed by atoms with Crippen molar-refractivity contribution in [1.82, 2.24) is 14.9 Å². The molecule has 38 heavy (non-hydrogen) atoms. The predicted molar refractivity (Wildman–Crippen MR) is 145 cm³/mol. The Morgan fingerprint density at radius 3 is 2.63 bits per heavy atom. The molecule has 0 bridgehead atoms. The van der Waals surface area contributed by atoms with E-state index in [4.69, 9.17) is 25.8 Å². The van der Waals surface area contributed by atoms with Gasteiger partial charge in [-0.05, 0) is 50.8 Å². The predicted octanol–water partition coefficient (Wildman–Crippen LogP) is 5.87. The number of aryl methyl sites for hydroxylation is 1. The van der Waals surface area contributed by atoms with Crippen LogP contribution in [0.15, 0.2) is 48.7 Å². The van der Waals surface area contributed by atoms with Gasteiger partial charge in [-0.2, -0.15) is 5.26 Å². The normalized spacial score (nSPS) is 10.9. The minimum atomic E-state index is -0.564. The molecule has 0 aliphatic carbocycles. The first-order valence-electron chi connectivity index (χ1n) is 11.8. The third kappa shape index (κ3) is 6.22. The second-order valence-electron chi connectivity index (χ2n) is 8.79. The van der Waals surface area contributed by atoms with Gasteiger partial charge in [-0.25, -0.2) is 9.37 Å². The van der Waals surface area contributed by atoms with E-state index >= 15 is 4.39 Å². The average molecular weight is 536 g/mol. The van der Waals surface area contributed by atoms with Crippen molar-refractivity contribution < 1.29 is 18.6 Å². The van der Waals surface area contributed by atoms with Gasteiger partial charge in [-0.15, -0.1) is 0 Å². The number of likely N-dealkylation sites (N-methyl/N-ethyl adjacent to an activating group) is 1. The van der Waals surface area contributed by atoms with Crippen LogP contribution in [-0.4, -0.2) is 49.2 Å². The second kappa shape index (κ2) is 11.9. The van der Waals surface area contributed by atoms with E-state index in [-0.39, 0.29) is 12.4 Å². The number of ether oxygens (including phenoxy) is 3. The summed E-state index contributed by atoms with van der Waals surface area (Å²) >= 11 is 5.92. The molecule has 0 aliphatic heterocycles. The van der Waals surface area contributed by atoms with Crippen LogP contribution in [0, 0.1) is 24.1 Å². The summed E-state index contributed by atoms with van der Waals surface area (Å²) in [7, 11) is 5.47. The summed E-state index contributed by atoms with van der Waals surface area (Å²) in [6, 6.07) is 13.8. The zero-order chi connectivity index (χ0) is 27.2. The van der Waals surface area contributed by atoms with Crippen LogP contribution in [0.4, 0.5) is 15.8 Å². The van der Waals surface area contributed by atoms with Crippen molar-refractivity contribution in [2.75, 3.05) is 39.7 Å². The van der Waals surface area contributed by atoms with E-state index in [2.05, 4.69) is 21.4 Å². The van der Waals surface area contributed by atoms with Gasteiger partial charge in [-0.3, -0.25) is 4.98 Å². The van der Waals surface area contributed by atoms with E-state index in [1.165, 1.54) is 12.3 Å². The fourth-order valence-corrected chi connectivity index (χ4v) is 3.93. The first-order chi connectivity index (χ1) is 18.3. The van der Waals surface area contributed by atoms with E-state index in [0.29, 0.717) is 62.4 Å². The highest BCUT2D eigenvalue weighted by molar-refractivity contribution is 6.29. The first kappa shape index (κ1) is 26.9. The molecule has 2 aromatic heterocycles. The summed E-state index contributed by atoms with van der Waals surface area (Å²) in [6.07, 6.45) is 1.47. The Labute approximate surface area is 225 Å². The Hall–Kier alpha value is -4.13. The summed E-state index contributed by atoms with van der Waals surface area (Å²) in [6.45, 7) is 3.08. The molecule has 4 aromatic rings. The molecule has 0 fully saturated rings. The maximum absolute atomic E-state index is 15.0. The van der Waals surface area contributed by atoms with Gasteiger partial charge in [-0.1, -0.05) is 17.7 Å². The average Bonchev–Trinajstić information content (AvgIpc) is 2.89. The number of fused-ring (bicyclic) bond motifs is 1. The summed E-state index contributed by atoms with van der Waals surface area (Å²) in [4.78, 5) is 10.6. The van der Waals surface area contributed by atoms with E-state index < -0.39 is 5.82 Å². The number of nitrogens with zero attached hydrogens (tertiary/aromatic N) is 4. The largest absolute Gasteiger partial charge is 0.493 e. The number of anilines is 2. The molecule has 0 unspecified atom stereocenters. The van der Waals surface area contributed by atoms with Gasteiger partial charge < -0.3 is 24.4 Å². The van der Waals surface area contributed by atoms with Crippen LogP contribution in [0.3, 0.4) is 0 Å². The summed E-state index contributed by atoms with van der Waals surface area (Å²) in [5.74, 6) is 0.558. The Bertz CT molecular complexity index is 1510. The number of hydrogen-bond donors (Lipinski definition) is 1. The molecule has 10 heteroatoms. The smallest absolute Gasteiger partial charge is 0.167 e. The van der Waals surface area contributed by atoms with Crippen LogP contribution in [0.2, 0.25) is 5.15 Å². The lowest BCUT2D eigenvalue weighted by Crippen LogP contribution is -2.19. The third-order valence-electron chi connectivity index (χ3n) is 5.76. The lowest BCUT2D eigenvalue weighted by molar-refractivity contribution is 0.251. The highest BCUT2D eigenvalue weighted by Crippen LogP contribution is 2.38. The van der Waals surface area contributed by atoms with Crippen molar-refractivity contribution in [2.45, 2.75) is 13.5 Å². The number of halogens is 2. The number of aromatic nitrogens is 2. The molecule has 2 aromatic carbocycles. The molecule has 1 N–H and O–H groups in total. The molecule has 4 rings (SSSR count). The van der Waals surface area contributed by atoms with Crippen LogP contribution in [0.5, 0.6) is 17.2 Å². The molecule has 2 heterocycles. The highest BCUT2D eigenvalue weighted by Gasteiger charge is 2.17. The molecule has 8 nitrogen and oxygen atoms in total. The number of nitriles is 1. The van der Waals surface area contributed by atoms with Gasteiger partial charge in [0.15, 0.2) is 23.1 Å². The first-order valence-corrected chi connectivity index (χ1v) is 12.2. The maximum Gasteiger partial charge on any atom is 0.167 e. The molecule has 0 radical (unpaired) electrons. The van der Waals surface area contributed by atoms with E-state index in [0.717, 1.165) is 6.54 Å². The van der Waals surface area contributed by atoms with Gasteiger partial charge in [0, 0.05) is 35.9 Å². The van der Waals surface area contributed by atoms with Crippen molar-refractivity contribution in [3.8, 4) is 23.3 Å². The summed E-state index contributed by atoms with van der Waals surface area (Å²) < 4.78 is 32.1. The Morgan fingerprint density at radius 1 is 1.11 bits per heavy atom. The Morgan fingerprint density at radius 2 is 1.92 bits per heavy atom. The number of nitrogens with one attached hydrogen (secondary N) is 1. The van der Waals surface area contributed by atoms with Gasteiger partial charge >= 0.3 is 0 Å². The molecule has 0 saturated carbocycles.